The number of esters is 1. The molecule has 0 unspecified atom stereocenters. The van der Waals surface area contributed by atoms with Gasteiger partial charge in [-0.3, -0.25) is 9.52 Å². The van der Waals surface area contributed by atoms with Gasteiger partial charge in [-0.15, -0.1) is 6.42 Å². The molecule has 0 aliphatic rings. The van der Waals surface area contributed by atoms with Crippen LogP contribution in [0.4, 0.5) is 11.4 Å². The fourth-order valence-electron chi connectivity index (χ4n) is 4.10. The van der Waals surface area contributed by atoms with Gasteiger partial charge in [-0.05, 0) is 43.2 Å². The number of carbonyl (C=O) groups excluding carboxylic acids is 1. The van der Waals surface area contributed by atoms with Crippen molar-refractivity contribution in [1.29, 1.82) is 0 Å². The molecule has 1 atom stereocenters. The number of nitrogens with zero attached hydrogens (tertiary/aromatic N) is 1. The van der Waals surface area contributed by atoms with E-state index in [1.807, 2.05) is 42.2 Å². The van der Waals surface area contributed by atoms with Crippen molar-refractivity contribution in [1.82, 2.24) is 0 Å². The zero-order chi connectivity index (χ0) is 25.6. The lowest BCUT2D eigenvalue weighted by atomic mass is 10.0. The number of aryl methyl sites for hydroxylation is 1. The average Bonchev–Trinajstić information content (AvgIpc) is 2.83. The second kappa shape index (κ2) is 11.3. The molecule has 0 aliphatic carbocycles. The Morgan fingerprint density at radius 2 is 1.83 bits per heavy atom. The first-order valence-electron chi connectivity index (χ1n) is 11.1. The van der Waals surface area contributed by atoms with Crippen LogP contribution >= 0.6 is 0 Å². The molecular formula is C27H30N2O5S. The van der Waals surface area contributed by atoms with Gasteiger partial charge in [0.1, 0.15) is 0 Å². The van der Waals surface area contributed by atoms with Crippen LogP contribution in [0.3, 0.4) is 0 Å². The molecule has 0 heterocycles. The predicted molar refractivity (Wildman–Crippen MR) is 139 cm³/mol. The summed E-state index contributed by atoms with van der Waals surface area (Å²) in [5, 5.41) is 1.53. The highest BCUT2D eigenvalue weighted by Crippen LogP contribution is 2.35. The lowest BCUT2D eigenvalue weighted by Gasteiger charge is -2.30. The monoisotopic (exact) mass is 494 g/mol. The predicted octanol–water partition coefficient (Wildman–Crippen LogP) is 4.49. The molecule has 7 nitrogen and oxygen atoms in total. The molecule has 184 valence electrons. The van der Waals surface area contributed by atoms with Gasteiger partial charge in [-0.1, -0.05) is 42.3 Å². The molecule has 3 rings (SSSR count). The number of hydrogen-bond donors (Lipinski definition) is 1. The number of terminal acetylenes is 1. The summed E-state index contributed by atoms with van der Waals surface area (Å²) in [5.41, 5.74) is 2.78. The van der Waals surface area contributed by atoms with Crippen LogP contribution in [0.25, 0.3) is 10.8 Å². The lowest BCUT2D eigenvalue weighted by Crippen LogP contribution is -2.35. The molecule has 0 saturated carbocycles. The molecule has 0 aromatic heterocycles. The van der Waals surface area contributed by atoms with Crippen molar-refractivity contribution in [3.63, 3.8) is 0 Å². The van der Waals surface area contributed by atoms with Gasteiger partial charge in [0.25, 0.3) is 10.0 Å². The second-order valence-electron chi connectivity index (χ2n) is 8.28. The Balaban J connectivity index is 2.02. The number of carbonyl (C=O) groups is 1. The highest BCUT2D eigenvalue weighted by Gasteiger charge is 2.22. The summed E-state index contributed by atoms with van der Waals surface area (Å²) in [6.07, 6.45) is 5.79. The van der Waals surface area contributed by atoms with Crippen LogP contribution < -0.4 is 9.62 Å². The highest BCUT2D eigenvalue weighted by atomic mass is 32.2. The molecule has 0 fully saturated rings. The molecule has 0 bridgehead atoms. The number of ether oxygens (including phenoxy) is 2. The molecular weight excluding hydrogens is 464 g/mol. The van der Waals surface area contributed by atoms with E-state index in [1.54, 1.807) is 38.3 Å². The van der Waals surface area contributed by atoms with Gasteiger partial charge < -0.3 is 14.4 Å². The largest absolute Gasteiger partial charge is 0.469 e. The molecule has 3 aromatic carbocycles. The fraction of sp³-hybridized carbons (Fsp3) is 0.296. The van der Waals surface area contributed by atoms with Crippen molar-refractivity contribution in [3.05, 3.63) is 65.7 Å². The summed E-state index contributed by atoms with van der Waals surface area (Å²) in [5.74, 6) is 2.32. The van der Waals surface area contributed by atoms with E-state index in [-0.39, 0.29) is 29.9 Å². The maximum Gasteiger partial charge on any atom is 0.307 e. The minimum atomic E-state index is -3.84. The summed E-state index contributed by atoms with van der Waals surface area (Å²) in [6, 6.07) is 15.9. The Labute approximate surface area is 207 Å². The van der Waals surface area contributed by atoms with Gasteiger partial charge in [-0.2, -0.15) is 0 Å². The van der Waals surface area contributed by atoms with E-state index in [1.165, 1.54) is 7.11 Å². The maximum absolute atomic E-state index is 13.3. The van der Waals surface area contributed by atoms with E-state index in [2.05, 4.69) is 10.6 Å². The van der Waals surface area contributed by atoms with Crippen LogP contribution in [0.5, 0.6) is 0 Å². The van der Waals surface area contributed by atoms with Crippen molar-refractivity contribution in [2.45, 2.75) is 37.8 Å². The van der Waals surface area contributed by atoms with Crippen LogP contribution in [0.15, 0.2) is 59.5 Å². The van der Waals surface area contributed by atoms with Crippen LogP contribution in [0, 0.1) is 19.3 Å². The van der Waals surface area contributed by atoms with E-state index in [0.29, 0.717) is 17.9 Å². The van der Waals surface area contributed by atoms with Gasteiger partial charge in [0.05, 0.1) is 37.3 Å². The standard InChI is InChI=1S/C27H30N2O5S/c1-6-15-29(20(3)17-27(30)34-5)25-13-12-24(22-9-7-8-10-23(22)25)28-35(31,32)26-14-11-21(18-33-4)16-19(26)2/h1,7-14,16,20,28H,15,17-18H2,2-5H3/t20-/m0/s1. The normalized spacial score (nSPS) is 12.1. The molecule has 8 heteroatoms. The van der Waals surface area contributed by atoms with Crippen molar-refractivity contribution >= 4 is 38.1 Å². The highest BCUT2D eigenvalue weighted by molar-refractivity contribution is 7.92. The number of anilines is 2. The average molecular weight is 495 g/mol. The Bertz CT molecular complexity index is 1360. The third-order valence-corrected chi connectivity index (χ3v) is 7.30. The Morgan fingerprint density at radius 1 is 1.11 bits per heavy atom. The molecule has 0 spiro atoms. The molecule has 0 aliphatic heterocycles. The Hall–Kier alpha value is -3.54. The smallest absolute Gasteiger partial charge is 0.307 e. The van der Waals surface area contributed by atoms with E-state index < -0.39 is 10.0 Å². The van der Waals surface area contributed by atoms with Crippen molar-refractivity contribution < 1.29 is 22.7 Å². The second-order valence-corrected chi connectivity index (χ2v) is 9.93. The van der Waals surface area contributed by atoms with Crippen molar-refractivity contribution in [2.24, 2.45) is 0 Å². The minimum absolute atomic E-state index is 0.166. The van der Waals surface area contributed by atoms with Crippen molar-refractivity contribution in [2.75, 3.05) is 30.4 Å². The van der Waals surface area contributed by atoms with E-state index in [0.717, 1.165) is 22.0 Å². The van der Waals surface area contributed by atoms with Gasteiger partial charge in [0.15, 0.2) is 0 Å². The molecule has 0 saturated heterocycles. The van der Waals surface area contributed by atoms with Crippen LogP contribution in [0.2, 0.25) is 0 Å². The number of hydrogen-bond acceptors (Lipinski definition) is 6. The van der Waals surface area contributed by atoms with Crippen LogP contribution in [-0.4, -0.2) is 41.2 Å². The number of fused-ring (bicyclic) bond motifs is 1. The number of methoxy groups -OCH3 is 2. The molecule has 3 aromatic rings. The summed E-state index contributed by atoms with van der Waals surface area (Å²) in [4.78, 5) is 14.0. The molecule has 0 amide bonds. The first-order chi connectivity index (χ1) is 16.7. The minimum Gasteiger partial charge on any atom is -0.469 e. The quantitative estimate of drug-likeness (QED) is 0.330. The van der Waals surface area contributed by atoms with Gasteiger partial charge in [-0.25, -0.2) is 8.42 Å². The van der Waals surface area contributed by atoms with Gasteiger partial charge in [0, 0.05) is 29.6 Å². The zero-order valence-corrected chi connectivity index (χ0v) is 21.2. The number of benzene rings is 3. The first kappa shape index (κ1) is 26.1. The zero-order valence-electron chi connectivity index (χ0n) is 20.4. The van der Waals surface area contributed by atoms with Gasteiger partial charge >= 0.3 is 5.97 Å². The first-order valence-corrected chi connectivity index (χ1v) is 12.6. The Morgan fingerprint density at radius 3 is 2.46 bits per heavy atom. The maximum atomic E-state index is 13.3. The van der Waals surface area contributed by atoms with Crippen LogP contribution in [-0.2, 0) is 30.9 Å². The number of sulfonamides is 1. The molecule has 35 heavy (non-hydrogen) atoms. The third kappa shape index (κ3) is 5.94. The lowest BCUT2D eigenvalue weighted by molar-refractivity contribution is -0.140. The van der Waals surface area contributed by atoms with E-state index >= 15 is 0 Å². The fourth-order valence-corrected chi connectivity index (χ4v) is 5.41. The molecule has 1 N–H and O–H groups in total. The summed E-state index contributed by atoms with van der Waals surface area (Å²) >= 11 is 0. The Kier molecular flexibility index (Phi) is 8.39. The summed E-state index contributed by atoms with van der Waals surface area (Å²) in [7, 11) is -0.899. The third-order valence-electron chi connectivity index (χ3n) is 5.78. The van der Waals surface area contributed by atoms with E-state index in [9.17, 15) is 13.2 Å². The van der Waals surface area contributed by atoms with Gasteiger partial charge in [0.2, 0.25) is 0 Å². The SMILES string of the molecule is C#CCN(c1ccc(NS(=O)(=O)c2ccc(COC)cc2C)c2ccccc12)[C@@H](C)CC(=O)OC. The summed E-state index contributed by atoms with van der Waals surface area (Å²) in [6.45, 7) is 4.34. The topological polar surface area (TPSA) is 84.9 Å². The number of rotatable bonds is 10. The van der Waals surface area contributed by atoms with E-state index in [4.69, 9.17) is 15.9 Å². The number of nitrogens with one attached hydrogen (secondary N) is 1. The summed E-state index contributed by atoms with van der Waals surface area (Å²) < 4.78 is 39.3. The van der Waals surface area contributed by atoms with Crippen LogP contribution in [0.1, 0.15) is 24.5 Å². The van der Waals surface area contributed by atoms with Crippen molar-refractivity contribution in [3.8, 4) is 12.3 Å². The molecule has 0 radical (unpaired) electrons.